The van der Waals surface area contributed by atoms with Crippen LogP contribution in [0.15, 0.2) is 35.9 Å². The fraction of sp³-hybridized carbons (Fsp3) is 0.286. The van der Waals surface area contributed by atoms with Crippen molar-refractivity contribution in [3.63, 3.8) is 0 Å². The molecule has 1 aromatic rings. The Bertz CT molecular complexity index is 391. The molecule has 0 fully saturated rings. The molecule has 96 valence electrons. The third kappa shape index (κ3) is 7.02. The first kappa shape index (κ1) is 23.4. The van der Waals surface area contributed by atoms with Crippen LogP contribution >= 0.6 is 0 Å². The Morgan fingerprint density at radius 1 is 1.00 bits per heavy atom. The van der Waals surface area contributed by atoms with Crippen molar-refractivity contribution in [3.8, 4) is 0 Å². The van der Waals surface area contributed by atoms with E-state index >= 15 is 0 Å². The molecule has 0 unspecified atom stereocenters. The van der Waals surface area contributed by atoms with Gasteiger partial charge in [0.25, 0.3) is 0 Å². The maximum absolute atomic E-state index is 3.28. The Balaban J connectivity index is -0.000000562. The molecule has 0 amide bonds. The summed E-state index contributed by atoms with van der Waals surface area (Å²) in [6, 6.07) is 6.74. The first-order valence-corrected chi connectivity index (χ1v) is 5.07. The molecule has 0 saturated heterocycles. The van der Waals surface area contributed by atoms with Gasteiger partial charge < -0.3 is 37.2 Å². The van der Waals surface area contributed by atoms with Crippen molar-refractivity contribution in [2.45, 2.75) is 26.7 Å². The number of benzene rings is 1. The molecular weight excluding hydrogens is 322 g/mol. The molecule has 18 heavy (non-hydrogen) atoms. The Morgan fingerprint density at radius 2 is 1.56 bits per heavy atom. The first-order valence-electron chi connectivity index (χ1n) is 5.07. The standard InChI is InChI=1S/C14H15.3ClH.Ti/c1-11-7-12(2)9-14(8-11)10-13-5-3-4-6-13;;;;/h3-4,7-9H,5,10H2,1-2H3;3*1H;/q-1;;;;+4/p-3. The third-order valence-corrected chi connectivity index (χ3v) is 2.47. The fourth-order valence-corrected chi connectivity index (χ4v) is 1.98. The van der Waals surface area contributed by atoms with Gasteiger partial charge in [-0.3, -0.25) is 6.08 Å². The minimum Gasteiger partial charge on any atom is -1.00 e. The summed E-state index contributed by atoms with van der Waals surface area (Å²) in [4.78, 5) is 0. The molecule has 1 aliphatic rings. The van der Waals surface area contributed by atoms with Crippen molar-refractivity contribution < 1.29 is 58.9 Å². The monoisotopic (exact) mass is 336 g/mol. The molecule has 1 aliphatic carbocycles. The van der Waals surface area contributed by atoms with Crippen molar-refractivity contribution in [2.75, 3.05) is 0 Å². The van der Waals surface area contributed by atoms with Crippen molar-refractivity contribution in [1.82, 2.24) is 0 Å². The van der Waals surface area contributed by atoms with Gasteiger partial charge in [-0.25, -0.2) is 12.2 Å². The van der Waals surface area contributed by atoms with Gasteiger partial charge in [-0.05, 0) is 25.8 Å². The molecule has 4 heteroatoms. The van der Waals surface area contributed by atoms with Gasteiger partial charge >= 0.3 is 21.7 Å². The average Bonchev–Trinajstić information content (AvgIpc) is 2.54. The number of rotatable bonds is 2. The van der Waals surface area contributed by atoms with Crippen LogP contribution in [0.25, 0.3) is 0 Å². The second kappa shape index (κ2) is 11.1. The van der Waals surface area contributed by atoms with Crippen LogP contribution in [-0.2, 0) is 28.1 Å². The van der Waals surface area contributed by atoms with E-state index in [0.717, 1.165) is 12.8 Å². The molecule has 0 aliphatic heterocycles. The number of aryl methyl sites for hydroxylation is 2. The normalized spacial score (nSPS) is 11.3. The molecule has 0 saturated carbocycles. The summed E-state index contributed by atoms with van der Waals surface area (Å²) < 4.78 is 0. The summed E-state index contributed by atoms with van der Waals surface area (Å²) in [7, 11) is 0. The average molecular weight is 338 g/mol. The van der Waals surface area contributed by atoms with Crippen LogP contribution in [0.5, 0.6) is 0 Å². The summed E-state index contributed by atoms with van der Waals surface area (Å²) in [5.41, 5.74) is 5.52. The number of hydrogen-bond donors (Lipinski definition) is 0. The topological polar surface area (TPSA) is 0 Å². The summed E-state index contributed by atoms with van der Waals surface area (Å²) in [6.07, 6.45) is 9.60. The van der Waals surface area contributed by atoms with E-state index in [0.29, 0.717) is 0 Å². The van der Waals surface area contributed by atoms with Gasteiger partial charge in [-0.15, -0.1) is 0 Å². The Morgan fingerprint density at radius 3 is 2.00 bits per heavy atom. The quantitative estimate of drug-likeness (QED) is 0.373. The van der Waals surface area contributed by atoms with E-state index in [-0.39, 0.29) is 58.9 Å². The molecule has 0 nitrogen and oxygen atoms in total. The van der Waals surface area contributed by atoms with E-state index in [4.69, 9.17) is 0 Å². The molecule has 2 rings (SSSR count). The zero-order chi connectivity index (χ0) is 9.97. The summed E-state index contributed by atoms with van der Waals surface area (Å²) in [5.74, 6) is 0. The minimum atomic E-state index is 0. The van der Waals surface area contributed by atoms with Crippen molar-refractivity contribution >= 4 is 0 Å². The SMILES string of the molecule is Cc1cc(C)cc(CC2=[C-]C=CC2)c1.[Cl-].[Cl-].[Cl-].[Ti+4]. The maximum atomic E-state index is 3.28. The number of allylic oxidation sites excluding steroid dienone is 4. The Labute approximate surface area is 143 Å². The van der Waals surface area contributed by atoms with Crippen molar-refractivity contribution in [3.05, 3.63) is 58.7 Å². The molecule has 0 spiro atoms. The van der Waals surface area contributed by atoms with E-state index in [1.807, 2.05) is 6.08 Å². The Kier molecular flexibility index (Phi) is 14.5. The van der Waals surface area contributed by atoms with Crippen LogP contribution in [0.1, 0.15) is 23.1 Å². The van der Waals surface area contributed by atoms with Crippen molar-refractivity contribution in [1.29, 1.82) is 0 Å². The predicted octanol–water partition coefficient (Wildman–Crippen LogP) is -5.46. The number of halogens is 3. The zero-order valence-electron chi connectivity index (χ0n) is 10.4. The van der Waals surface area contributed by atoms with E-state index in [2.05, 4.69) is 44.2 Å². The second-order valence-electron chi connectivity index (χ2n) is 4.03. The van der Waals surface area contributed by atoms with E-state index in [1.165, 1.54) is 22.3 Å². The van der Waals surface area contributed by atoms with Crippen LogP contribution in [0.4, 0.5) is 0 Å². The molecular formula is C14H15Cl3Ti. The van der Waals surface area contributed by atoms with Crippen LogP contribution in [-0.4, -0.2) is 0 Å². The minimum absolute atomic E-state index is 0. The zero-order valence-corrected chi connectivity index (χ0v) is 14.3. The van der Waals surface area contributed by atoms with E-state index in [1.54, 1.807) is 0 Å². The fourth-order valence-electron chi connectivity index (χ4n) is 1.98. The predicted molar refractivity (Wildman–Crippen MR) is 60.1 cm³/mol. The van der Waals surface area contributed by atoms with Crippen LogP contribution in [0, 0.1) is 19.9 Å². The third-order valence-electron chi connectivity index (χ3n) is 2.47. The second-order valence-corrected chi connectivity index (χ2v) is 4.03. The van der Waals surface area contributed by atoms with Gasteiger partial charge in [-0.2, -0.15) is 5.57 Å². The van der Waals surface area contributed by atoms with Gasteiger partial charge in [-0.1, -0.05) is 35.7 Å². The van der Waals surface area contributed by atoms with Crippen molar-refractivity contribution in [2.24, 2.45) is 0 Å². The first-order chi connectivity index (χ1) is 6.74. The molecule has 0 heterocycles. The van der Waals surface area contributed by atoms with Gasteiger partial charge in [0.1, 0.15) is 0 Å². The van der Waals surface area contributed by atoms with E-state index < -0.39 is 0 Å². The van der Waals surface area contributed by atoms with Gasteiger partial charge in [0, 0.05) is 0 Å². The summed E-state index contributed by atoms with van der Waals surface area (Å²) in [5, 5.41) is 0. The molecule has 0 bridgehead atoms. The van der Waals surface area contributed by atoms with Gasteiger partial charge in [0.05, 0.1) is 0 Å². The molecule has 1 aromatic carbocycles. The van der Waals surface area contributed by atoms with Gasteiger partial charge in [0.15, 0.2) is 0 Å². The Hall–Kier alpha value is 0.284. The van der Waals surface area contributed by atoms with Crippen LogP contribution in [0.2, 0.25) is 0 Å². The smallest absolute Gasteiger partial charge is 1.00 e. The van der Waals surface area contributed by atoms with E-state index in [9.17, 15) is 0 Å². The summed E-state index contributed by atoms with van der Waals surface area (Å²) in [6.45, 7) is 4.31. The maximum Gasteiger partial charge on any atom is 4.00 e. The molecule has 0 radical (unpaired) electrons. The van der Waals surface area contributed by atoms with Gasteiger partial charge in [0.2, 0.25) is 0 Å². The summed E-state index contributed by atoms with van der Waals surface area (Å²) >= 11 is 0. The number of hydrogen-bond acceptors (Lipinski definition) is 0. The molecule has 0 N–H and O–H groups in total. The largest absolute Gasteiger partial charge is 4.00 e. The van der Waals surface area contributed by atoms with Crippen LogP contribution in [0.3, 0.4) is 0 Å². The van der Waals surface area contributed by atoms with Crippen LogP contribution < -0.4 is 37.2 Å². The molecule has 0 aromatic heterocycles. The molecule has 0 atom stereocenters.